The van der Waals surface area contributed by atoms with Crippen LogP contribution in [0.25, 0.3) is 0 Å². The third kappa shape index (κ3) is 8.22. The molecule has 0 aliphatic rings. The lowest BCUT2D eigenvalue weighted by molar-refractivity contribution is -0.137. The molecule has 0 heterocycles. The summed E-state index contributed by atoms with van der Waals surface area (Å²) in [7, 11) is 3.20. The predicted molar refractivity (Wildman–Crippen MR) is 148 cm³/mol. The molecule has 3 rings (SSSR count). The number of methoxy groups -OCH3 is 2. The quantitative estimate of drug-likeness (QED) is 0.149. The van der Waals surface area contributed by atoms with Gasteiger partial charge in [0.2, 0.25) is 0 Å². The second-order valence-corrected chi connectivity index (χ2v) is 8.49. The van der Waals surface area contributed by atoms with Crippen molar-refractivity contribution in [3.8, 4) is 11.5 Å². The van der Waals surface area contributed by atoms with E-state index in [0.29, 0.717) is 18.3 Å². The van der Waals surface area contributed by atoms with Gasteiger partial charge < -0.3 is 14.4 Å². The van der Waals surface area contributed by atoms with Crippen molar-refractivity contribution in [2.24, 2.45) is 4.99 Å². The third-order valence-electron chi connectivity index (χ3n) is 5.00. The monoisotopic (exact) mass is 636 g/mol. The maximum atomic E-state index is 13.3. The van der Waals surface area contributed by atoms with Crippen LogP contribution in [-0.4, -0.2) is 30.5 Å². The Bertz CT molecular complexity index is 1080. The van der Waals surface area contributed by atoms with E-state index in [1.54, 1.807) is 14.2 Å². The standard InChI is InChI=1S/C25H24ClF3N2O2S.HI/c1-32-20-9-4-17(5-10-20)15-31(16-18-6-11-21(33-2)12-7-18)24(34-3)30-19-8-13-23(26)22(14-19)25(27,28)29;/h4-14H,15-16H2,1-3H3;1H. The van der Waals surface area contributed by atoms with Crippen LogP contribution >= 0.6 is 47.3 Å². The summed E-state index contributed by atoms with van der Waals surface area (Å²) in [6.07, 6.45) is -2.72. The van der Waals surface area contributed by atoms with Crippen LogP contribution in [0.5, 0.6) is 11.5 Å². The first-order valence-corrected chi connectivity index (χ1v) is 11.8. The van der Waals surface area contributed by atoms with Gasteiger partial charge in [0.25, 0.3) is 0 Å². The highest BCUT2D eigenvalue weighted by Crippen LogP contribution is 2.37. The van der Waals surface area contributed by atoms with Crippen molar-refractivity contribution >= 4 is 58.2 Å². The zero-order chi connectivity index (χ0) is 24.7. The minimum absolute atomic E-state index is 0. The number of nitrogens with zero attached hydrogens (tertiary/aromatic N) is 2. The highest BCUT2D eigenvalue weighted by molar-refractivity contribution is 14.0. The molecule has 0 N–H and O–H groups in total. The SMILES string of the molecule is COc1ccc(CN(Cc2ccc(OC)cc2)C(=Nc2ccc(Cl)c(C(F)(F)F)c2)SC)cc1.I. The van der Waals surface area contributed by atoms with Crippen molar-refractivity contribution in [2.45, 2.75) is 19.3 Å². The van der Waals surface area contributed by atoms with Crippen LogP contribution in [-0.2, 0) is 19.3 Å². The van der Waals surface area contributed by atoms with Crippen LogP contribution in [0.2, 0.25) is 5.02 Å². The molecule has 4 nitrogen and oxygen atoms in total. The molecule has 0 saturated heterocycles. The first kappa shape index (κ1) is 29.1. The van der Waals surface area contributed by atoms with E-state index in [1.165, 1.54) is 23.9 Å². The van der Waals surface area contributed by atoms with Gasteiger partial charge in [-0.3, -0.25) is 0 Å². The van der Waals surface area contributed by atoms with Crippen LogP contribution in [0.1, 0.15) is 16.7 Å². The lowest BCUT2D eigenvalue weighted by Crippen LogP contribution is -2.27. The molecule has 0 aliphatic carbocycles. The number of ether oxygens (including phenoxy) is 2. The Morgan fingerprint density at radius 2 is 1.37 bits per heavy atom. The largest absolute Gasteiger partial charge is 0.497 e. The molecule has 0 fully saturated rings. The molecule has 3 aromatic rings. The Morgan fingerprint density at radius 3 is 1.77 bits per heavy atom. The highest BCUT2D eigenvalue weighted by atomic mass is 127. The summed E-state index contributed by atoms with van der Waals surface area (Å²) in [6.45, 7) is 0.991. The average molecular weight is 637 g/mol. The number of benzene rings is 3. The van der Waals surface area contributed by atoms with Crippen molar-refractivity contribution in [3.63, 3.8) is 0 Å². The van der Waals surface area contributed by atoms with Gasteiger partial charge in [0, 0.05) is 13.1 Å². The topological polar surface area (TPSA) is 34.1 Å². The van der Waals surface area contributed by atoms with Crippen molar-refractivity contribution in [3.05, 3.63) is 88.4 Å². The third-order valence-corrected chi connectivity index (χ3v) is 6.04. The lowest BCUT2D eigenvalue weighted by atomic mass is 10.1. The van der Waals surface area contributed by atoms with Crippen molar-refractivity contribution in [1.29, 1.82) is 0 Å². The summed E-state index contributed by atoms with van der Waals surface area (Å²) in [5.74, 6) is 1.48. The smallest absolute Gasteiger partial charge is 0.417 e. The van der Waals surface area contributed by atoms with Gasteiger partial charge in [-0.1, -0.05) is 47.6 Å². The lowest BCUT2D eigenvalue weighted by Gasteiger charge is -2.26. The second-order valence-electron chi connectivity index (χ2n) is 7.31. The molecule has 0 bridgehead atoms. The van der Waals surface area contributed by atoms with E-state index in [9.17, 15) is 13.2 Å². The number of thioether (sulfide) groups is 1. The molecule has 0 aliphatic heterocycles. The number of alkyl halides is 3. The Hall–Kier alpha value is -2.11. The van der Waals surface area contributed by atoms with Gasteiger partial charge in [-0.15, -0.1) is 24.0 Å². The zero-order valence-corrected chi connectivity index (χ0v) is 23.2. The van der Waals surface area contributed by atoms with Crippen LogP contribution in [0.3, 0.4) is 0 Å². The van der Waals surface area contributed by atoms with E-state index in [1.807, 2.05) is 59.7 Å². The summed E-state index contributed by atoms with van der Waals surface area (Å²) in [5, 5.41) is 0.215. The van der Waals surface area contributed by atoms with E-state index in [-0.39, 0.29) is 34.7 Å². The molecule has 0 atom stereocenters. The molecule has 0 radical (unpaired) electrons. The van der Waals surface area contributed by atoms with Crippen LogP contribution in [0, 0.1) is 0 Å². The van der Waals surface area contributed by atoms with Gasteiger partial charge in [0.05, 0.1) is 30.5 Å². The highest BCUT2D eigenvalue weighted by Gasteiger charge is 2.33. The molecule has 0 saturated carbocycles. The Morgan fingerprint density at radius 1 is 0.886 bits per heavy atom. The molecule has 3 aromatic carbocycles. The molecular formula is C25H25ClF3IN2O2S. The fourth-order valence-corrected chi connectivity index (χ4v) is 4.06. The molecule has 35 heavy (non-hydrogen) atoms. The van der Waals surface area contributed by atoms with E-state index >= 15 is 0 Å². The maximum Gasteiger partial charge on any atom is 0.417 e. The van der Waals surface area contributed by atoms with Crippen molar-refractivity contribution in [2.75, 3.05) is 20.5 Å². The van der Waals surface area contributed by atoms with E-state index in [2.05, 4.69) is 4.99 Å². The van der Waals surface area contributed by atoms with Gasteiger partial charge in [0.1, 0.15) is 11.5 Å². The molecule has 0 spiro atoms. The van der Waals surface area contributed by atoms with Gasteiger partial charge in [-0.2, -0.15) is 13.2 Å². The van der Waals surface area contributed by atoms with Gasteiger partial charge in [-0.25, -0.2) is 4.99 Å². The summed E-state index contributed by atoms with van der Waals surface area (Å²) >= 11 is 7.13. The number of hydrogen-bond acceptors (Lipinski definition) is 4. The number of aliphatic imine (C=N–C) groups is 1. The van der Waals surface area contributed by atoms with Gasteiger partial charge in [-0.05, 0) is 59.8 Å². The summed E-state index contributed by atoms with van der Waals surface area (Å²) in [5.41, 5.74) is 1.27. The predicted octanol–water partition coefficient (Wildman–Crippen LogP) is 8.05. The van der Waals surface area contributed by atoms with Crippen LogP contribution < -0.4 is 9.47 Å². The second kappa shape index (κ2) is 13.3. The summed E-state index contributed by atoms with van der Waals surface area (Å²) < 4.78 is 50.5. The van der Waals surface area contributed by atoms with Crippen molar-refractivity contribution in [1.82, 2.24) is 4.90 Å². The first-order valence-electron chi connectivity index (χ1n) is 10.2. The molecule has 10 heteroatoms. The average Bonchev–Trinajstić information content (AvgIpc) is 2.83. The van der Waals surface area contributed by atoms with Crippen LogP contribution in [0.15, 0.2) is 71.7 Å². The Labute approximate surface area is 229 Å². The first-order chi connectivity index (χ1) is 16.2. The Kier molecular flexibility index (Phi) is 11.0. The number of halogens is 5. The molecular weight excluding hydrogens is 612 g/mol. The van der Waals surface area contributed by atoms with E-state index in [0.717, 1.165) is 28.7 Å². The Balaban J connectivity index is 0.00000432. The zero-order valence-electron chi connectivity index (χ0n) is 19.3. The normalized spacial score (nSPS) is 11.6. The fraction of sp³-hybridized carbons (Fsp3) is 0.240. The minimum Gasteiger partial charge on any atom is -0.497 e. The fourth-order valence-electron chi connectivity index (χ4n) is 3.25. The summed E-state index contributed by atoms with van der Waals surface area (Å²) in [4.78, 5) is 6.56. The molecule has 188 valence electrons. The van der Waals surface area contributed by atoms with Gasteiger partial charge >= 0.3 is 6.18 Å². The van der Waals surface area contributed by atoms with Crippen molar-refractivity contribution < 1.29 is 22.6 Å². The molecule has 0 aromatic heterocycles. The maximum absolute atomic E-state index is 13.3. The van der Waals surface area contributed by atoms with E-state index < -0.39 is 11.7 Å². The number of rotatable bonds is 7. The van der Waals surface area contributed by atoms with Gasteiger partial charge in [0.15, 0.2) is 5.17 Å². The number of hydrogen-bond donors (Lipinski definition) is 0. The summed E-state index contributed by atoms with van der Waals surface area (Å²) in [6, 6.07) is 18.9. The van der Waals surface area contributed by atoms with Crippen LogP contribution in [0.4, 0.5) is 18.9 Å². The number of amidine groups is 1. The molecule has 0 unspecified atom stereocenters. The van der Waals surface area contributed by atoms with E-state index in [4.69, 9.17) is 21.1 Å². The molecule has 0 amide bonds. The minimum atomic E-state index is -4.56.